The maximum Gasteiger partial charge on any atom is 0.342 e. The third kappa shape index (κ3) is 2.63. The Balaban J connectivity index is 2.08. The Labute approximate surface area is 177 Å². The number of benzene rings is 2. The minimum atomic E-state index is -1.49. The zero-order chi connectivity index (χ0) is 22.0. The summed E-state index contributed by atoms with van der Waals surface area (Å²) in [6.07, 6.45) is 0.553. The van der Waals surface area contributed by atoms with Crippen LogP contribution in [-0.2, 0) is 0 Å². The molecule has 0 amide bonds. The Morgan fingerprint density at radius 1 is 1.26 bits per heavy atom. The van der Waals surface area contributed by atoms with Crippen LogP contribution >= 0.6 is 11.3 Å². The molecule has 1 unspecified atom stereocenters. The molecular weight excluding hydrogens is 428 g/mol. The fourth-order valence-electron chi connectivity index (χ4n) is 4.28. The molecule has 0 bridgehead atoms. The molecule has 4 aromatic rings. The van der Waals surface area contributed by atoms with Gasteiger partial charge in [-0.15, -0.1) is 11.3 Å². The number of nitrogens with one attached hydrogen (secondary N) is 1. The van der Waals surface area contributed by atoms with Crippen molar-refractivity contribution in [1.29, 1.82) is 0 Å². The summed E-state index contributed by atoms with van der Waals surface area (Å²) in [5, 5.41) is 9.28. The number of hydrogen-bond donors (Lipinski definition) is 4. The number of fused-ring (bicyclic) bond motifs is 5. The van der Waals surface area contributed by atoms with Crippen LogP contribution in [0.1, 0.15) is 16.8 Å². The van der Waals surface area contributed by atoms with Gasteiger partial charge in [-0.2, -0.15) is 0 Å². The van der Waals surface area contributed by atoms with Crippen molar-refractivity contribution in [2.45, 2.75) is 12.5 Å². The van der Waals surface area contributed by atoms with Crippen LogP contribution in [0.5, 0.6) is 0 Å². The van der Waals surface area contributed by atoms with Gasteiger partial charge in [-0.25, -0.2) is 13.6 Å². The van der Waals surface area contributed by atoms with Crippen LogP contribution in [0, 0.1) is 11.6 Å². The summed E-state index contributed by atoms with van der Waals surface area (Å²) in [5.74, 6) is 2.02. The largest absolute Gasteiger partial charge is 0.477 e. The quantitative estimate of drug-likeness (QED) is 0.282. The number of anilines is 2. The van der Waals surface area contributed by atoms with Gasteiger partial charge in [0.2, 0.25) is 5.43 Å². The Morgan fingerprint density at radius 2 is 2.00 bits per heavy atom. The second kappa shape index (κ2) is 6.87. The van der Waals surface area contributed by atoms with Crippen LogP contribution in [0.25, 0.3) is 25.9 Å². The monoisotopic (exact) mass is 445 g/mol. The first-order valence-electron chi connectivity index (χ1n) is 9.46. The number of para-hydroxylation sites is 1. The number of carbonyl (C=O) groups is 1. The molecule has 0 saturated carbocycles. The average molecular weight is 445 g/mol. The second-order valence-electron chi connectivity index (χ2n) is 7.43. The van der Waals surface area contributed by atoms with Gasteiger partial charge >= 0.3 is 5.97 Å². The van der Waals surface area contributed by atoms with Gasteiger partial charge in [0.25, 0.3) is 0 Å². The van der Waals surface area contributed by atoms with Crippen molar-refractivity contribution in [2.75, 3.05) is 23.4 Å². The Kier molecular flexibility index (Phi) is 4.36. The molecule has 1 aliphatic rings. The SMILES string of the molecule is NNc1c(F)c(N2CCC(N)C2)c(F)c2c1c(=O)c(C(=O)O)c1sc3ccccc3n12. The molecule has 3 heterocycles. The molecule has 6 N–H and O–H groups in total. The Bertz CT molecular complexity index is 1470. The first kappa shape index (κ1) is 19.7. The Morgan fingerprint density at radius 3 is 2.65 bits per heavy atom. The molecule has 0 spiro atoms. The van der Waals surface area contributed by atoms with E-state index in [4.69, 9.17) is 11.6 Å². The Hall–Kier alpha value is -3.28. The normalized spacial score (nSPS) is 16.6. The smallest absolute Gasteiger partial charge is 0.342 e. The maximum absolute atomic E-state index is 16.0. The molecule has 160 valence electrons. The summed E-state index contributed by atoms with van der Waals surface area (Å²) in [6, 6.07) is 6.63. The summed E-state index contributed by atoms with van der Waals surface area (Å²) >= 11 is 1.05. The van der Waals surface area contributed by atoms with Gasteiger partial charge < -0.3 is 21.2 Å². The molecule has 2 aromatic carbocycles. The number of thiazole rings is 1. The van der Waals surface area contributed by atoms with Crippen molar-refractivity contribution in [2.24, 2.45) is 11.6 Å². The number of nitrogen functional groups attached to an aromatic ring is 1. The molecule has 5 rings (SSSR count). The molecule has 1 saturated heterocycles. The van der Waals surface area contributed by atoms with Gasteiger partial charge in [0.1, 0.15) is 21.8 Å². The molecule has 31 heavy (non-hydrogen) atoms. The zero-order valence-electron chi connectivity index (χ0n) is 16.0. The predicted molar refractivity (Wildman–Crippen MR) is 116 cm³/mol. The first-order chi connectivity index (χ1) is 14.8. The van der Waals surface area contributed by atoms with Gasteiger partial charge in [-0.1, -0.05) is 12.1 Å². The lowest BCUT2D eigenvalue weighted by molar-refractivity contribution is 0.0697. The molecule has 1 atom stereocenters. The maximum atomic E-state index is 16.0. The lowest BCUT2D eigenvalue weighted by atomic mass is 10.1. The number of nitrogens with two attached hydrogens (primary N) is 2. The highest BCUT2D eigenvalue weighted by atomic mass is 32.1. The van der Waals surface area contributed by atoms with E-state index in [9.17, 15) is 14.7 Å². The minimum absolute atomic E-state index is 0.0590. The summed E-state index contributed by atoms with van der Waals surface area (Å²) in [6.45, 7) is 0.569. The van der Waals surface area contributed by atoms with Crippen LogP contribution in [0.4, 0.5) is 20.2 Å². The number of aromatic nitrogens is 1. The summed E-state index contributed by atoms with van der Waals surface area (Å²) in [4.78, 5) is 26.7. The van der Waals surface area contributed by atoms with E-state index in [1.54, 1.807) is 24.3 Å². The van der Waals surface area contributed by atoms with Crippen LogP contribution in [0.2, 0.25) is 0 Å². The number of aromatic carboxylic acids is 1. The van der Waals surface area contributed by atoms with E-state index in [2.05, 4.69) is 5.43 Å². The van der Waals surface area contributed by atoms with Gasteiger partial charge in [0, 0.05) is 19.1 Å². The molecular formula is C20H17F2N5O3S. The van der Waals surface area contributed by atoms with Crippen LogP contribution in [0.3, 0.4) is 0 Å². The lowest BCUT2D eigenvalue weighted by Crippen LogP contribution is -2.29. The molecule has 11 heteroatoms. The van der Waals surface area contributed by atoms with Gasteiger partial charge in [-0.05, 0) is 18.6 Å². The molecule has 8 nitrogen and oxygen atoms in total. The van der Waals surface area contributed by atoms with Crippen molar-refractivity contribution < 1.29 is 18.7 Å². The third-order valence-electron chi connectivity index (χ3n) is 5.64. The number of nitrogens with zero attached hydrogens (tertiary/aromatic N) is 2. The lowest BCUT2D eigenvalue weighted by Gasteiger charge is -2.23. The molecule has 1 aliphatic heterocycles. The van der Waals surface area contributed by atoms with Crippen molar-refractivity contribution in [3.63, 3.8) is 0 Å². The number of carboxylic acids is 1. The van der Waals surface area contributed by atoms with Crippen molar-refractivity contribution >= 4 is 54.6 Å². The summed E-state index contributed by atoms with van der Waals surface area (Å²) in [7, 11) is 0. The molecule has 0 aliphatic carbocycles. The first-order valence-corrected chi connectivity index (χ1v) is 10.3. The highest BCUT2D eigenvalue weighted by molar-refractivity contribution is 7.24. The minimum Gasteiger partial charge on any atom is -0.477 e. The van der Waals surface area contributed by atoms with Crippen LogP contribution in [0.15, 0.2) is 29.1 Å². The van der Waals surface area contributed by atoms with Crippen molar-refractivity contribution in [3.05, 3.63) is 51.7 Å². The standard InChI is InChI=1S/C20H17F2N5O3S/c21-13-15(25-24)11-16(14(22)17(13)26-6-5-8(23)7-26)27-9-3-1-2-4-10(9)31-19(27)12(18(11)28)20(29)30/h1-4,8,25H,5-7,23-24H2,(H,29,30). The topological polar surface area (TPSA) is 126 Å². The molecule has 2 aromatic heterocycles. The number of halogens is 2. The highest BCUT2D eigenvalue weighted by Gasteiger charge is 2.33. The van der Waals surface area contributed by atoms with E-state index in [0.717, 1.165) is 11.3 Å². The van der Waals surface area contributed by atoms with Crippen LogP contribution in [-0.4, -0.2) is 34.6 Å². The van der Waals surface area contributed by atoms with Gasteiger partial charge in [-0.3, -0.25) is 15.0 Å². The molecule has 0 radical (unpaired) electrons. The van der Waals surface area contributed by atoms with E-state index < -0.39 is 39.7 Å². The number of hydrogen-bond acceptors (Lipinski definition) is 7. The van der Waals surface area contributed by atoms with E-state index >= 15 is 8.78 Å². The zero-order valence-corrected chi connectivity index (χ0v) is 16.8. The highest BCUT2D eigenvalue weighted by Crippen LogP contribution is 2.40. The summed E-state index contributed by atoms with van der Waals surface area (Å²) in [5.41, 5.74) is 5.96. The van der Waals surface area contributed by atoms with Gasteiger partial charge in [0.05, 0.1) is 21.1 Å². The number of hydrazine groups is 1. The fourth-order valence-corrected chi connectivity index (χ4v) is 5.46. The summed E-state index contributed by atoms with van der Waals surface area (Å²) < 4.78 is 33.4. The van der Waals surface area contributed by atoms with Gasteiger partial charge in [0.15, 0.2) is 11.6 Å². The van der Waals surface area contributed by atoms with E-state index in [1.807, 2.05) is 0 Å². The average Bonchev–Trinajstić information content (AvgIpc) is 3.31. The van der Waals surface area contributed by atoms with Crippen molar-refractivity contribution in [1.82, 2.24) is 4.40 Å². The second-order valence-corrected chi connectivity index (χ2v) is 8.46. The van der Waals surface area contributed by atoms with Crippen molar-refractivity contribution in [3.8, 4) is 0 Å². The van der Waals surface area contributed by atoms with E-state index in [-0.39, 0.29) is 28.6 Å². The molecule has 1 fully saturated rings. The fraction of sp³-hybridized carbons (Fsp3) is 0.200. The predicted octanol–water partition coefficient (Wildman–Crippen LogP) is 2.47. The third-order valence-corrected chi connectivity index (χ3v) is 6.78. The number of carboxylic acid groups (broad SMARTS) is 1. The van der Waals surface area contributed by atoms with E-state index in [0.29, 0.717) is 23.2 Å². The number of pyridine rings is 1. The van der Waals surface area contributed by atoms with Crippen LogP contribution < -0.4 is 27.3 Å². The van der Waals surface area contributed by atoms with E-state index in [1.165, 1.54) is 9.30 Å². The number of rotatable bonds is 3.